The zero-order chi connectivity index (χ0) is 13.9. The first kappa shape index (κ1) is 14.9. The number of β-amino-alcohol motifs (C(OH)–C–C–N with tert-alkyl or cyclic N) is 1. The summed E-state index contributed by atoms with van der Waals surface area (Å²) >= 11 is 0. The summed E-state index contributed by atoms with van der Waals surface area (Å²) in [5, 5.41) is 9.44. The molecular weight excluding hydrogens is 266 g/mol. The van der Waals surface area contributed by atoms with Gasteiger partial charge in [0.05, 0.1) is 20.3 Å². The Hall–Kier alpha value is -1.19. The van der Waals surface area contributed by atoms with Crippen LogP contribution in [0.5, 0.6) is 0 Å². The van der Waals surface area contributed by atoms with E-state index in [0.29, 0.717) is 0 Å². The van der Waals surface area contributed by atoms with Crippen LogP contribution in [0.2, 0.25) is 0 Å². The van der Waals surface area contributed by atoms with Crippen molar-refractivity contribution in [3.8, 4) is 0 Å². The Bertz CT molecular complexity index is 432. The maximum absolute atomic E-state index is 11.9. The van der Waals surface area contributed by atoms with Crippen LogP contribution in [0, 0.1) is 0 Å². The van der Waals surface area contributed by atoms with E-state index in [2.05, 4.69) is 9.47 Å². The van der Waals surface area contributed by atoms with Crippen molar-refractivity contribution < 1.29 is 32.6 Å². The van der Waals surface area contributed by atoms with Crippen LogP contribution >= 0.6 is 0 Å². The summed E-state index contributed by atoms with van der Waals surface area (Å²) in [6.45, 7) is -0.237. The zero-order valence-electron chi connectivity index (χ0n) is 10.0. The van der Waals surface area contributed by atoms with Gasteiger partial charge in [0.2, 0.25) is 10.0 Å². The van der Waals surface area contributed by atoms with Gasteiger partial charge >= 0.3 is 11.9 Å². The zero-order valence-corrected chi connectivity index (χ0v) is 10.8. The molecule has 2 unspecified atom stereocenters. The summed E-state index contributed by atoms with van der Waals surface area (Å²) in [5.41, 5.74) is 0. The first-order chi connectivity index (χ1) is 8.31. The van der Waals surface area contributed by atoms with Crippen LogP contribution in [0.3, 0.4) is 0 Å². The highest BCUT2D eigenvalue weighted by molar-refractivity contribution is 7.89. The molecule has 1 fully saturated rings. The van der Waals surface area contributed by atoms with Gasteiger partial charge in [0, 0.05) is 13.0 Å². The lowest BCUT2D eigenvalue weighted by Gasteiger charge is -2.20. The third kappa shape index (κ3) is 3.18. The lowest BCUT2D eigenvalue weighted by Crippen LogP contribution is -2.43. The van der Waals surface area contributed by atoms with E-state index in [1.165, 1.54) is 0 Å². The Morgan fingerprint density at radius 3 is 2.44 bits per heavy atom. The number of nitrogens with zero attached hydrogens (tertiary/aromatic N) is 1. The van der Waals surface area contributed by atoms with Crippen LogP contribution in [0.25, 0.3) is 0 Å². The van der Waals surface area contributed by atoms with Gasteiger partial charge in [-0.3, -0.25) is 9.59 Å². The molecule has 0 radical (unpaired) electrons. The van der Waals surface area contributed by atoms with Crippen LogP contribution in [-0.2, 0) is 29.1 Å². The molecule has 9 heteroatoms. The van der Waals surface area contributed by atoms with Crippen molar-refractivity contribution in [2.24, 2.45) is 0 Å². The molecule has 18 heavy (non-hydrogen) atoms. The molecule has 0 saturated carbocycles. The van der Waals surface area contributed by atoms with Gasteiger partial charge in [-0.1, -0.05) is 0 Å². The molecule has 1 saturated heterocycles. The van der Waals surface area contributed by atoms with Gasteiger partial charge in [0.25, 0.3) is 0 Å². The average molecular weight is 281 g/mol. The topological polar surface area (TPSA) is 110 Å². The van der Waals surface area contributed by atoms with Crippen molar-refractivity contribution in [2.45, 2.75) is 18.6 Å². The van der Waals surface area contributed by atoms with E-state index in [1.807, 2.05) is 0 Å². The van der Waals surface area contributed by atoms with Crippen molar-refractivity contribution in [1.29, 1.82) is 0 Å². The van der Waals surface area contributed by atoms with Crippen molar-refractivity contribution in [3.63, 3.8) is 0 Å². The largest absolute Gasteiger partial charge is 0.468 e. The Labute approximate surface area is 105 Å². The Morgan fingerprint density at radius 1 is 1.33 bits per heavy atom. The molecule has 0 spiro atoms. The summed E-state index contributed by atoms with van der Waals surface area (Å²) in [6, 6.07) is -1.10. The Kier molecular flexibility index (Phi) is 4.65. The average Bonchev–Trinajstić information content (AvgIpc) is 2.70. The monoisotopic (exact) mass is 281 g/mol. The van der Waals surface area contributed by atoms with E-state index >= 15 is 0 Å². The second-order valence-electron chi connectivity index (χ2n) is 3.83. The van der Waals surface area contributed by atoms with Gasteiger partial charge in [0.15, 0.2) is 5.75 Å². The minimum atomic E-state index is -4.01. The number of sulfonamides is 1. The Morgan fingerprint density at radius 2 is 1.94 bits per heavy atom. The molecule has 0 aromatic rings. The van der Waals surface area contributed by atoms with Crippen molar-refractivity contribution in [3.05, 3.63) is 0 Å². The van der Waals surface area contributed by atoms with Gasteiger partial charge in [0.1, 0.15) is 6.04 Å². The first-order valence-electron chi connectivity index (χ1n) is 5.14. The SMILES string of the molecule is COC(=O)CS(=O)(=O)N1CC(O)CC1C(=O)OC. The fourth-order valence-corrected chi connectivity index (χ4v) is 3.27. The summed E-state index contributed by atoms with van der Waals surface area (Å²) < 4.78 is 33.3. The first-order valence-corrected chi connectivity index (χ1v) is 6.75. The molecule has 2 atom stereocenters. The quantitative estimate of drug-likeness (QED) is 0.599. The number of esters is 2. The lowest BCUT2D eigenvalue weighted by molar-refractivity contribution is -0.144. The number of rotatable bonds is 4. The molecule has 1 heterocycles. The fourth-order valence-electron chi connectivity index (χ4n) is 1.73. The molecule has 0 aromatic heterocycles. The number of carbonyl (C=O) groups is 2. The Balaban J connectivity index is 2.91. The summed E-state index contributed by atoms with van der Waals surface area (Å²) in [7, 11) is -1.82. The predicted molar refractivity (Wildman–Crippen MR) is 58.9 cm³/mol. The second-order valence-corrected chi connectivity index (χ2v) is 5.75. The fraction of sp³-hybridized carbons (Fsp3) is 0.778. The number of aliphatic hydroxyl groups excluding tert-OH is 1. The molecule has 1 aliphatic heterocycles. The van der Waals surface area contributed by atoms with E-state index in [4.69, 9.17) is 0 Å². The second kappa shape index (κ2) is 5.63. The van der Waals surface area contributed by atoms with Crippen molar-refractivity contribution >= 4 is 22.0 Å². The maximum Gasteiger partial charge on any atom is 0.324 e. The molecule has 0 bridgehead atoms. The highest BCUT2D eigenvalue weighted by Gasteiger charge is 2.44. The highest BCUT2D eigenvalue weighted by Crippen LogP contribution is 2.23. The number of aliphatic hydroxyl groups is 1. The van der Waals surface area contributed by atoms with Gasteiger partial charge < -0.3 is 14.6 Å². The normalized spacial score (nSPS) is 24.8. The van der Waals surface area contributed by atoms with Crippen LogP contribution in [0.4, 0.5) is 0 Å². The smallest absolute Gasteiger partial charge is 0.324 e. The van der Waals surface area contributed by atoms with Crippen molar-refractivity contribution in [2.75, 3.05) is 26.5 Å². The predicted octanol–water partition coefficient (Wildman–Crippen LogP) is -1.90. The van der Waals surface area contributed by atoms with Crippen LogP contribution in [0.1, 0.15) is 6.42 Å². The van der Waals surface area contributed by atoms with E-state index in [-0.39, 0.29) is 13.0 Å². The van der Waals surface area contributed by atoms with E-state index in [0.717, 1.165) is 18.5 Å². The van der Waals surface area contributed by atoms with Crippen LogP contribution in [-0.4, -0.2) is 68.4 Å². The number of methoxy groups -OCH3 is 2. The van der Waals surface area contributed by atoms with Crippen LogP contribution < -0.4 is 0 Å². The van der Waals surface area contributed by atoms with Gasteiger partial charge in [-0.15, -0.1) is 0 Å². The summed E-state index contributed by atoms with van der Waals surface area (Å²) in [4.78, 5) is 22.4. The summed E-state index contributed by atoms with van der Waals surface area (Å²) in [5.74, 6) is -2.57. The molecule has 0 aliphatic carbocycles. The number of hydrogen-bond donors (Lipinski definition) is 1. The standard InChI is InChI=1S/C9H15NO7S/c1-16-8(12)5-18(14,15)10-4-6(11)3-7(10)9(13)17-2/h6-7,11H,3-5H2,1-2H3. The minimum Gasteiger partial charge on any atom is -0.468 e. The molecule has 0 aromatic carbocycles. The van der Waals surface area contributed by atoms with Crippen LogP contribution in [0.15, 0.2) is 0 Å². The summed E-state index contributed by atoms with van der Waals surface area (Å²) in [6.07, 6.45) is -1.01. The van der Waals surface area contributed by atoms with E-state index < -0.39 is 39.9 Å². The molecule has 1 rings (SSSR count). The maximum atomic E-state index is 11.9. The van der Waals surface area contributed by atoms with Gasteiger partial charge in [-0.25, -0.2) is 8.42 Å². The number of hydrogen-bond acceptors (Lipinski definition) is 7. The molecule has 0 amide bonds. The molecule has 104 valence electrons. The lowest BCUT2D eigenvalue weighted by atomic mass is 10.2. The van der Waals surface area contributed by atoms with E-state index in [9.17, 15) is 23.1 Å². The third-order valence-corrected chi connectivity index (χ3v) is 4.31. The minimum absolute atomic E-state index is 0.0485. The molecule has 1 aliphatic rings. The molecule has 1 N–H and O–H groups in total. The molecular formula is C9H15NO7S. The van der Waals surface area contributed by atoms with Gasteiger partial charge in [-0.05, 0) is 0 Å². The number of ether oxygens (including phenoxy) is 2. The van der Waals surface area contributed by atoms with Crippen molar-refractivity contribution in [1.82, 2.24) is 4.31 Å². The third-order valence-electron chi connectivity index (χ3n) is 2.59. The number of carbonyl (C=O) groups excluding carboxylic acids is 2. The molecule has 8 nitrogen and oxygen atoms in total. The highest BCUT2D eigenvalue weighted by atomic mass is 32.2. The van der Waals surface area contributed by atoms with E-state index in [1.54, 1.807) is 0 Å². The van der Waals surface area contributed by atoms with Gasteiger partial charge in [-0.2, -0.15) is 4.31 Å².